The predicted molar refractivity (Wildman–Crippen MR) is 80.0 cm³/mol. The Kier molecular flexibility index (Phi) is 3.15. The Morgan fingerprint density at radius 3 is 2.95 bits per heavy atom. The molecule has 2 aliphatic rings. The lowest BCUT2D eigenvalue weighted by Crippen LogP contribution is -2.32. The molecular weight excluding hydrogens is 265 g/mol. The highest BCUT2D eigenvalue weighted by atomic mass is 19.1. The van der Waals surface area contributed by atoms with E-state index in [1.165, 1.54) is 11.1 Å². The number of hydrogen-bond acceptors (Lipinski definition) is 2. The summed E-state index contributed by atoms with van der Waals surface area (Å²) in [7, 11) is 0. The minimum Gasteiger partial charge on any atom is -0.488 e. The summed E-state index contributed by atoms with van der Waals surface area (Å²) in [5.74, 6) is 0.877. The van der Waals surface area contributed by atoms with Gasteiger partial charge in [0.1, 0.15) is 17.7 Å². The first-order chi connectivity index (χ1) is 10.3. The minimum absolute atomic E-state index is 0.135. The predicted octanol–water partition coefficient (Wildman–Crippen LogP) is 3.41. The molecule has 1 heterocycles. The van der Waals surface area contributed by atoms with E-state index in [1.54, 1.807) is 12.1 Å². The minimum atomic E-state index is -0.135. The van der Waals surface area contributed by atoms with Gasteiger partial charge in [0.05, 0.1) is 0 Å². The van der Waals surface area contributed by atoms with Crippen molar-refractivity contribution in [3.8, 4) is 5.75 Å². The first-order valence-electron chi connectivity index (χ1n) is 7.56. The van der Waals surface area contributed by atoms with Crippen molar-refractivity contribution >= 4 is 0 Å². The van der Waals surface area contributed by atoms with E-state index in [4.69, 9.17) is 4.74 Å². The average Bonchev–Trinajstić information content (AvgIpc) is 3.07. The van der Waals surface area contributed by atoms with Crippen LogP contribution in [0, 0.1) is 5.82 Å². The van der Waals surface area contributed by atoms with Crippen LogP contribution in [0.15, 0.2) is 42.5 Å². The Labute approximate surface area is 123 Å². The molecule has 1 N–H and O–H groups in total. The molecule has 0 fully saturated rings. The molecule has 0 radical (unpaired) electrons. The molecule has 2 aromatic carbocycles. The second kappa shape index (κ2) is 5.15. The highest BCUT2D eigenvalue weighted by Gasteiger charge is 2.26. The third kappa shape index (κ3) is 2.42. The van der Waals surface area contributed by atoms with Gasteiger partial charge in [0.15, 0.2) is 0 Å². The molecule has 21 heavy (non-hydrogen) atoms. The summed E-state index contributed by atoms with van der Waals surface area (Å²) in [6.07, 6.45) is 3.16. The van der Waals surface area contributed by atoms with Crippen molar-refractivity contribution in [2.75, 3.05) is 6.54 Å². The summed E-state index contributed by atoms with van der Waals surface area (Å²) in [5, 5.41) is 3.59. The van der Waals surface area contributed by atoms with Crippen LogP contribution >= 0.6 is 0 Å². The Morgan fingerprint density at radius 2 is 2.05 bits per heavy atom. The maximum atomic E-state index is 13.2. The molecule has 0 saturated carbocycles. The van der Waals surface area contributed by atoms with Crippen LogP contribution < -0.4 is 10.1 Å². The number of benzene rings is 2. The zero-order chi connectivity index (χ0) is 14.2. The van der Waals surface area contributed by atoms with Gasteiger partial charge in [0.2, 0.25) is 0 Å². The highest BCUT2D eigenvalue weighted by molar-refractivity contribution is 5.38. The molecule has 1 aliphatic carbocycles. The number of halogens is 1. The quantitative estimate of drug-likeness (QED) is 0.932. The monoisotopic (exact) mass is 283 g/mol. The zero-order valence-corrected chi connectivity index (χ0v) is 11.8. The molecule has 1 aliphatic heterocycles. The van der Waals surface area contributed by atoms with Crippen molar-refractivity contribution in [1.29, 1.82) is 0 Å². The first-order valence-corrected chi connectivity index (χ1v) is 7.56. The normalized spacial score (nSPS) is 22.7. The van der Waals surface area contributed by atoms with E-state index in [9.17, 15) is 4.39 Å². The molecule has 2 unspecified atom stereocenters. The molecule has 0 spiro atoms. The molecular formula is C18H18FNO. The van der Waals surface area contributed by atoms with Crippen molar-refractivity contribution in [3.05, 3.63) is 65.0 Å². The Bertz CT molecular complexity index is 645. The van der Waals surface area contributed by atoms with E-state index in [1.807, 2.05) is 18.2 Å². The van der Waals surface area contributed by atoms with E-state index in [-0.39, 0.29) is 11.9 Å². The number of nitrogens with one attached hydrogen (secondary N) is 1. The fraction of sp³-hybridized carbons (Fsp3) is 0.333. The van der Waals surface area contributed by atoms with Gasteiger partial charge >= 0.3 is 0 Å². The van der Waals surface area contributed by atoms with Crippen molar-refractivity contribution in [2.24, 2.45) is 0 Å². The zero-order valence-electron chi connectivity index (χ0n) is 11.8. The molecule has 0 bridgehead atoms. The van der Waals surface area contributed by atoms with Gasteiger partial charge in [0.25, 0.3) is 0 Å². The number of ether oxygens (including phenoxy) is 1. The average molecular weight is 283 g/mol. The van der Waals surface area contributed by atoms with E-state index < -0.39 is 0 Å². The summed E-state index contributed by atoms with van der Waals surface area (Å²) in [6.45, 7) is 0.830. The Balaban J connectivity index is 1.40. The smallest absolute Gasteiger partial charge is 0.123 e. The lowest BCUT2D eigenvalue weighted by molar-refractivity contribution is 0.221. The second-order valence-corrected chi connectivity index (χ2v) is 5.89. The van der Waals surface area contributed by atoms with Gasteiger partial charge in [-0.05, 0) is 47.7 Å². The Hall–Kier alpha value is -1.87. The molecule has 3 heteroatoms. The van der Waals surface area contributed by atoms with Crippen LogP contribution in [0.4, 0.5) is 4.39 Å². The van der Waals surface area contributed by atoms with Gasteiger partial charge < -0.3 is 10.1 Å². The topological polar surface area (TPSA) is 21.3 Å². The van der Waals surface area contributed by atoms with Crippen molar-refractivity contribution < 1.29 is 9.13 Å². The third-order valence-corrected chi connectivity index (χ3v) is 4.49. The third-order valence-electron chi connectivity index (χ3n) is 4.49. The van der Waals surface area contributed by atoms with Gasteiger partial charge in [-0.3, -0.25) is 0 Å². The largest absolute Gasteiger partial charge is 0.488 e. The molecule has 0 aromatic heterocycles. The van der Waals surface area contributed by atoms with Gasteiger partial charge in [0, 0.05) is 19.0 Å². The van der Waals surface area contributed by atoms with Crippen molar-refractivity contribution in [2.45, 2.75) is 31.4 Å². The lowest BCUT2D eigenvalue weighted by Gasteiger charge is -2.17. The number of para-hydroxylation sites is 1. The standard InChI is InChI=1S/C18H18FNO/c19-14-6-7-16-12(9-14)5-8-17(16)20-11-15-10-13-3-1-2-4-18(13)21-15/h1-4,6-7,9,15,17,20H,5,8,10-11H2. The van der Waals surface area contributed by atoms with Gasteiger partial charge in [-0.15, -0.1) is 0 Å². The van der Waals surface area contributed by atoms with Crippen LogP contribution in [0.1, 0.15) is 29.2 Å². The van der Waals surface area contributed by atoms with Crippen LogP contribution in [0.2, 0.25) is 0 Å². The number of rotatable bonds is 3. The molecule has 2 aromatic rings. The summed E-state index contributed by atoms with van der Waals surface area (Å²) >= 11 is 0. The van der Waals surface area contributed by atoms with Gasteiger partial charge in [-0.1, -0.05) is 24.3 Å². The molecule has 2 nitrogen and oxygen atoms in total. The maximum Gasteiger partial charge on any atom is 0.123 e. The highest BCUT2D eigenvalue weighted by Crippen LogP contribution is 2.32. The summed E-state index contributed by atoms with van der Waals surface area (Å²) in [4.78, 5) is 0. The van der Waals surface area contributed by atoms with E-state index in [0.29, 0.717) is 6.04 Å². The summed E-state index contributed by atoms with van der Waals surface area (Å²) in [5.41, 5.74) is 3.67. The number of aryl methyl sites for hydroxylation is 1. The van der Waals surface area contributed by atoms with E-state index in [2.05, 4.69) is 17.4 Å². The Morgan fingerprint density at radius 1 is 1.14 bits per heavy atom. The molecule has 108 valence electrons. The van der Waals surface area contributed by atoms with Crippen LogP contribution in [0.25, 0.3) is 0 Å². The van der Waals surface area contributed by atoms with E-state index in [0.717, 1.165) is 37.1 Å². The van der Waals surface area contributed by atoms with Crippen molar-refractivity contribution in [3.63, 3.8) is 0 Å². The lowest BCUT2D eigenvalue weighted by atomic mass is 10.1. The molecule has 4 rings (SSSR count). The van der Waals surface area contributed by atoms with Crippen molar-refractivity contribution in [1.82, 2.24) is 5.32 Å². The fourth-order valence-corrected chi connectivity index (χ4v) is 3.44. The summed E-state index contributed by atoms with van der Waals surface area (Å²) in [6, 6.07) is 13.7. The first kappa shape index (κ1) is 12.8. The second-order valence-electron chi connectivity index (χ2n) is 5.89. The number of fused-ring (bicyclic) bond motifs is 2. The molecule has 2 atom stereocenters. The van der Waals surface area contributed by atoms with Gasteiger partial charge in [-0.2, -0.15) is 0 Å². The molecule has 0 saturated heterocycles. The van der Waals surface area contributed by atoms with Gasteiger partial charge in [-0.25, -0.2) is 4.39 Å². The maximum absolute atomic E-state index is 13.2. The van der Waals surface area contributed by atoms with Crippen LogP contribution in [0.5, 0.6) is 5.75 Å². The summed E-state index contributed by atoms with van der Waals surface area (Å²) < 4.78 is 19.2. The van der Waals surface area contributed by atoms with Crippen LogP contribution in [-0.2, 0) is 12.8 Å². The van der Waals surface area contributed by atoms with Crippen LogP contribution in [-0.4, -0.2) is 12.6 Å². The molecule has 0 amide bonds. The SMILES string of the molecule is Fc1ccc2c(c1)CCC2NCC1Cc2ccccc2O1. The van der Waals surface area contributed by atoms with E-state index >= 15 is 0 Å². The van der Waals surface area contributed by atoms with Crippen LogP contribution in [0.3, 0.4) is 0 Å². The number of hydrogen-bond donors (Lipinski definition) is 1. The fourth-order valence-electron chi connectivity index (χ4n) is 3.44.